The maximum Gasteiger partial charge on any atom is 0.241 e. The van der Waals surface area contributed by atoms with Crippen LogP contribution in [0.25, 0.3) is 0 Å². The van der Waals surface area contributed by atoms with E-state index in [2.05, 4.69) is 4.72 Å². The van der Waals surface area contributed by atoms with Crippen LogP contribution in [0.5, 0.6) is 11.5 Å². The van der Waals surface area contributed by atoms with Crippen LogP contribution >= 0.6 is 0 Å². The van der Waals surface area contributed by atoms with E-state index in [1.54, 1.807) is 0 Å². The van der Waals surface area contributed by atoms with E-state index in [0.717, 1.165) is 12.1 Å². The average Bonchev–Trinajstić information content (AvgIpc) is 2.55. The number of halogens is 2. The first-order chi connectivity index (χ1) is 11.0. The predicted molar refractivity (Wildman–Crippen MR) is 77.8 cm³/mol. The van der Waals surface area contributed by atoms with Crippen LogP contribution in [-0.2, 0) is 16.6 Å². The maximum absolute atomic E-state index is 13.1. The van der Waals surface area contributed by atoms with E-state index in [-0.39, 0.29) is 11.4 Å². The summed E-state index contributed by atoms with van der Waals surface area (Å²) in [4.78, 5) is 0.00401. The van der Waals surface area contributed by atoms with Crippen LogP contribution in [0.2, 0.25) is 0 Å². The first-order valence-corrected chi connectivity index (χ1v) is 8.27. The Morgan fingerprint density at radius 1 is 0.957 bits per heavy atom. The number of hydrogen-bond donors (Lipinski definition) is 1. The van der Waals surface area contributed by atoms with Crippen molar-refractivity contribution in [2.45, 2.75) is 11.4 Å². The standard InChI is InChI=1S/C15H13F2NO4S/c16-12-3-1-10(7-13(12)17)9-18-23(19,20)11-2-4-14-15(8-11)22-6-5-21-14/h1-4,7-8,18H,5-6,9H2. The Bertz CT molecular complexity index is 839. The van der Waals surface area contributed by atoms with Gasteiger partial charge < -0.3 is 9.47 Å². The summed E-state index contributed by atoms with van der Waals surface area (Å²) in [6.07, 6.45) is 0. The molecule has 0 aliphatic carbocycles. The first-order valence-electron chi connectivity index (χ1n) is 6.79. The molecule has 1 aliphatic rings. The Kier molecular flexibility index (Phi) is 4.18. The van der Waals surface area contributed by atoms with Gasteiger partial charge in [-0.05, 0) is 29.8 Å². The number of ether oxygens (including phenoxy) is 2. The minimum atomic E-state index is -3.82. The van der Waals surface area contributed by atoms with Crippen molar-refractivity contribution in [1.29, 1.82) is 0 Å². The van der Waals surface area contributed by atoms with Gasteiger partial charge in [-0.1, -0.05) is 6.07 Å². The van der Waals surface area contributed by atoms with Gasteiger partial charge in [0, 0.05) is 12.6 Å². The summed E-state index contributed by atoms with van der Waals surface area (Å²) >= 11 is 0. The molecule has 0 aromatic heterocycles. The number of benzene rings is 2. The van der Waals surface area contributed by atoms with Gasteiger partial charge >= 0.3 is 0 Å². The van der Waals surface area contributed by atoms with Crippen molar-refractivity contribution in [3.05, 3.63) is 53.6 Å². The molecule has 0 fully saturated rings. The molecule has 5 nitrogen and oxygen atoms in total. The number of sulfonamides is 1. The molecule has 1 heterocycles. The van der Waals surface area contributed by atoms with E-state index in [1.807, 2.05) is 0 Å². The quantitative estimate of drug-likeness (QED) is 0.926. The average molecular weight is 341 g/mol. The Hall–Kier alpha value is -2.19. The molecule has 0 bridgehead atoms. The number of hydrogen-bond acceptors (Lipinski definition) is 4. The molecule has 0 atom stereocenters. The van der Waals surface area contributed by atoms with Crippen LogP contribution in [0.15, 0.2) is 41.3 Å². The van der Waals surface area contributed by atoms with E-state index < -0.39 is 21.7 Å². The van der Waals surface area contributed by atoms with Crippen molar-refractivity contribution in [2.75, 3.05) is 13.2 Å². The molecule has 3 rings (SSSR count). The lowest BCUT2D eigenvalue weighted by Gasteiger charge is -2.18. The topological polar surface area (TPSA) is 64.6 Å². The SMILES string of the molecule is O=S(=O)(NCc1ccc(F)c(F)c1)c1ccc2c(c1)OCCO2. The van der Waals surface area contributed by atoms with Crippen LogP contribution in [0.3, 0.4) is 0 Å². The zero-order valence-electron chi connectivity index (χ0n) is 11.9. The first kappa shape index (κ1) is 15.7. The monoisotopic (exact) mass is 341 g/mol. The third-order valence-electron chi connectivity index (χ3n) is 3.27. The third-order valence-corrected chi connectivity index (χ3v) is 4.67. The second kappa shape index (κ2) is 6.13. The summed E-state index contributed by atoms with van der Waals surface area (Å²) in [5.41, 5.74) is 0.310. The molecule has 0 radical (unpaired) electrons. The lowest BCUT2D eigenvalue weighted by atomic mass is 10.2. The van der Waals surface area contributed by atoms with E-state index >= 15 is 0 Å². The summed E-state index contributed by atoms with van der Waals surface area (Å²) in [5, 5.41) is 0. The van der Waals surface area contributed by atoms with Crippen molar-refractivity contribution >= 4 is 10.0 Å². The van der Waals surface area contributed by atoms with Gasteiger partial charge in [0.15, 0.2) is 23.1 Å². The summed E-state index contributed by atoms with van der Waals surface area (Å²) in [6.45, 7) is 0.597. The van der Waals surface area contributed by atoms with Gasteiger partial charge in [0.25, 0.3) is 0 Å². The molecule has 1 aliphatic heterocycles. The Balaban J connectivity index is 1.77. The number of nitrogens with one attached hydrogen (secondary N) is 1. The predicted octanol–water partition coefficient (Wildman–Crippen LogP) is 2.21. The van der Waals surface area contributed by atoms with Crippen LogP contribution in [0.4, 0.5) is 8.78 Å². The van der Waals surface area contributed by atoms with Gasteiger partial charge in [-0.25, -0.2) is 21.9 Å². The van der Waals surface area contributed by atoms with Crippen LogP contribution in [0, 0.1) is 11.6 Å². The van der Waals surface area contributed by atoms with Crippen molar-refractivity contribution in [2.24, 2.45) is 0 Å². The number of fused-ring (bicyclic) bond motifs is 1. The van der Waals surface area contributed by atoms with Crippen LogP contribution < -0.4 is 14.2 Å². The smallest absolute Gasteiger partial charge is 0.241 e. The molecule has 2 aromatic carbocycles. The molecule has 1 N–H and O–H groups in total. The maximum atomic E-state index is 13.1. The van der Waals surface area contributed by atoms with E-state index in [4.69, 9.17) is 9.47 Å². The van der Waals surface area contributed by atoms with Crippen LogP contribution in [-0.4, -0.2) is 21.6 Å². The summed E-state index contributed by atoms with van der Waals surface area (Å²) < 4.78 is 63.5. The molecule has 0 spiro atoms. The van der Waals surface area contributed by atoms with Gasteiger partial charge in [0.2, 0.25) is 10.0 Å². The van der Waals surface area contributed by atoms with Crippen molar-refractivity contribution in [3.63, 3.8) is 0 Å². The summed E-state index contributed by atoms with van der Waals surface area (Å²) in [6, 6.07) is 7.47. The van der Waals surface area contributed by atoms with Gasteiger partial charge in [-0.3, -0.25) is 0 Å². The summed E-state index contributed by atoms with van der Waals surface area (Å²) in [7, 11) is -3.82. The summed E-state index contributed by atoms with van der Waals surface area (Å²) in [5.74, 6) is -1.17. The Morgan fingerprint density at radius 3 is 2.43 bits per heavy atom. The minimum Gasteiger partial charge on any atom is -0.486 e. The molecule has 23 heavy (non-hydrogen) atoms. The highest BCUT2D eigenvalue weighted by Crippen LogP contribution is 2.32. The van der Waals surface area contributed by atoms with Crippen molar-refractivity contribution in [3.8, 4) is 11.5 Å². The van der Waals surface area contributed by atoms with E-state index in [0.29, 0.717) is 30.3 Å². The fourth-order valence-electron chi connectivity index (χ4n) is 2.10. The molecular formula is C15H13F2NO4S. The highest BCUT2D eigenvalue weighted by atomic mass is 32.2. The number of rotatable bonds is 4. The molecule has 0 unspecified atom stereocenters. The Morgan fingerprint density at radius 2 is 1.70 bits per heavy atom. The molecule has 0 saturated heterocycles. The van der Waals surface area contributed by atoms with Gasteiger partial charge in [0.05, 0.1) is 4.90 Å². The molecule has 2 aromatic rings. The zero-order chi connectivity index (χ0) is 16.4. The Labute approximate surface area is 131 Å². The molecule has 0 amide bonds. The van der Waals surface area contributed by atoms with Gasteiger partial charge in [-0.2, -0.15) is 0 Å². The van der Waals surface area contributed by atoms with E-state index in [1.165, 1.54) is 24.3 Å². The molecule has 0 saturated carbocycles. The normalized spacial score (nSPS) is 13.8. The fourth-order valence-corrected chi connectivity index (χ4v) is 3.13. The highest BCUT2D eigenvalue weighted by Gasteiger charge is 2.19. The lowest BCUT2D eigenvalue weighted by molar-refractivity contribution is 0.171. The molecule has 122 valence electrons. The third kappa shape index (κ3) is 3.43. The second-order valence-corrected chi connectivity index (χ2v) is 6.65. The zero-order valence-corrected chi connectivity index (χ0v) is 12.7. The van der Waals surface area contributed by atoms with Crippen LogP contribution in [0.1, 0.15) is 5.56 Å². The molecule has 8 heteroatoms. The van der Waals surface area contributed by atoms with E-state index in [9.17, 15) is 17.2 Å². The second-order valence-electron chi connectivity index (χ2n) is 4.88. The fraction of sp³-hybridized carbons (Fsp3) is 0.200. The van der Waals surface area contributed by atoms with Gasteiger partial charge in [0.1, 0.15) is 13.2 Å². The molecular weight excluding hydrogens is 328 g/mol. The minimum absolute atomic E-state index is 0.00401. The van der Waals surface area contributed by atoms with Gasteiger partial charge in [-0.15, -0.1) is 0 Å². The van der Waals surface area contributed by atoms with Crippen molar-refractivity contribution in [1.82, 2.24) is 4.72 Å². The largest absolute Gasteiger partial charge is 0.486 e. The van der Waals surface area contributed by atoms with Crippen molar-refractivity contribution < 1.29 is 26.7 Å². The lowest BCUT2D eigenvalue weighted by Crippen LogP contribution is -2.24. The highest BCUT2D eigenvalue weighted by molar-refractivity contribution is 7.89.